The molecule has 0 atom stereocenters. The maximum Gasteiger partial charge on any atom is 0.328 e. The summed E-state index contributed by atoms with van der Waals surface area (Å²) in [6.07, 6.45) is 1.50. The predicted molar refractivity (Wildman–Crippen MR) is 97.6 cm³/mol. The Kier molecular flexibility index (Phi) is 4.27. The van der Waals surface area contributed by atoms with Crippen LogP contribution in [-0.2, 0) is 9.59 Å². The van der Waals surface area contributed by atoms with Crippen LogP contribution in [0.25, 0.3) is 11.8 Å². The average molecular weight is 435 g/mol. The molecule has 0 bridgehead atoms. The highest BCUT2D eigenvalue weighted by Gasteiger charge is 2.28. The second-order valence-corrected chi connectivity index (χ2v) is 6.68. The summed E-state index contributed by atoms with van der Waals surface area (Å²) in [5, 5.41) is 4.15. The smallest absolute Gasteiger partial charge is 0.318 e. The van der Waals surface area contributed by atoms with Crippen molar-refractivity contribution in [2.45, 2.75) is 13.8 Å². The van der Waals surface area contributed by atoms with Crippen LogP contribution in [0, 0.1) is 17.4 Å². The zero-order valence-electron chi connectivity index (χ0n) is 13.0. The lowest BCUT2D eigenvalue weighted by molar-refractivity contribution is -0.123. The van der Waals surface area contributed by atoms with Crippen LogP contribution in [0.5, 0.6) is 0 Å². The van der Waals surface area contributed by atoms with E-state index in [1.54, 1.807) is 0 Å². The summed E-state index contributed by atoms with van der Waals surface area (Å²) >= 11 is 2.25. The number of nitrogens with zero attached hydrogens (tertiary/aromatic N) is 1. The molecule has 1 fully saturated rings. The van der Waals surface area contributed by atoms with E-state index in [2.05, 4.69) is 33.2 Å². The Morgan fingerprint density at radius 1 is 1.00 bits per heavy atom. The van der Waals surface area contributed by atoms with Gasteiger partial charge in [-0.25, -0.2) is 4.79 Å². The lowest BCUT2D eigenvalue weighted by Crippen LogP contribution is -2.51. The van der Waals surface area contributed by atoms with Gasteiger partial charge in [0.2, 0.25) is 0 Å². The molecule has 122 valence electrons. The van der Waals surface area contributed by atoms with Crippen molar-refractivity contribution in [1.82, 2.24) is 15.2 Å². The third kappa shape index (κ3) is 2.99. The van der Waals surface area contributed by atoms with Gasteiger partial charge in [-0.1, -0.05) is 0 Å². The number of aromatic nitrogens is 1. The van der Waals surface area contributed by atoms with Crippen molar-refractivity contribution in [3.8, 4) is 5.69 Å². The standard InChI is InChI=1S/C17H14IN3O3/c1-9-7-11(8-14-15(22)19-17(24)20-16(14)23)10(2)21(9)13-5-3-12(18)4-6-13/h3-8H,1-2H3,(H2,19,20,22,23,24). The summed E-state index contributed by atoms with van der Waals surface area (Å²) in [4.78, 5) is 34.8. The van der Waals surface area contributed by atoms with Crippen LogP contribution in [0.1, 0.15) is 17.0 Å². The van der Waals surface area contributed by atoms with Crippen LogP contribution in [-0.4, -0.2) is 22.4 Å². The topological polar surface area (TPSA) is 80.2 Å². The van der Waals surface area contributed by atoms with Crippen molar-refractivity contribution in [1.29, 1.82) is 0 Å². The Morgan fingerprint density at radius 2 is 1.58 bits per heavy atom. The molecule has 1 aliphatic rings. The maximum absolute atomic E-state index is 11.9. The van der Waals surface area contributed by atoms with Gasteiger partial charge in [0.15, 0.2) is 0 Å². The number of nitrogens with one attached hydrogen (secondary N) is 2. The molecule has 24 heavy (non-hydrogen) atoms. The third-order valence-electron chi connectivity index (χ3n) is 3.80. The van der Waals surface area contributed by atoms with E-state index in [0.29, 0.717) is 0 Å². The number of amides is 4. The van der Waals surface area contributed by atoms with E-state index in [1.165, 1.54) is 6.08 Å². The minimum Gasteiger partial charge on any atom is -0.318 e. The van der Waals surface area contributed by atoms with Gasteiger partial charge in [-0.3, -0.25) is 20.2 Å². The van der Waals surface area contributed by atoms with Gasteiger partial charge in [0.1, 0.15) is 5.57 Å². The second-order valence-electron chi connectivity index (χ2n) is 5.43. The van der Waals surface area contributed by atoms with E-state index in [4.69, 9.17) is 0 Å². The first-order valence-corrected chi connectivity index (χ1v) is 8.28. The van der Waals surface area contributed by atoms with Gasteiger partial charge >= 0.3 is 6.03 Å². The van der Waals surface area contributed by atoms with Crippen LogP contribution in [0.3, 0.4) is 0 Å². The number of hydrogen-bond donors (Lipinski definition) is 2. The summed E-state index contributed by atoms with van der Waals surface area (Å²) in [5.74, 6) is -1.38. The van der Waals surface area contributed by atoms with Crippen molar-refractivity contribution >= 4 is 46.5 Å². The molecule has 4 amide bonds. The molecule has 0 saturated carbocycles. The van der Waals surface area contributed by atoms with Crippen LogP contribution < -0.4 is 10.6 Å². The number of urea groups is 1. The monoisotopic (exact) mass is 435 g/mol. The van der Waals surface area contributed by atoms with Crippen LogP contribution in [0.15, 0.2) is 35.9 Å². The van der Waals surface area contributed by atoms with E-state index in [1.807, 2.05) is 48.7 Å². The molecule has 2 heterocycles. The molecule has 2 aromatic rings. The van der Waals surface area contributed by atoms with Gasteiger partial charge in [-0.2, -0.15) is 0 Å². The van der Waals surface area contributed by atoms with E-state index < -0.39 is 17.8 Å². The van der Waals surface area contributed by atoms with Crippen molar-refractivity contribution in [2.75, 3.05) is 0 Å². The summed E-state index contributed by atoms with van der Waals surface area (Å²) in [6, 6.07) is 9.15. The summed E-state index contributed by atoms with van der Waals surface area (Å²) in [6.45, 7) is 3.87. The molecule has 0 radical (unpaired) electrons. The summed E-state index contributed by atoms with van der Waals surface area (Å²) in [5.41, 5.74) is 3.55. The molecular formula is C17H14IN3O3. The highest BCUT2D eigenvalue weighted by molar-refractivity contribution is 14.1. The Bertz CT molecular complexity index is 873. The fraction of sp³-hybridized carbons (Fsp3) is 0.118. The van der Waals surface area contributed by atoms with Crippen LogP contribution in [0.4, 0.5) is 4.79 Å². The zero-order valence-corrected chi connectivity index (χ0v) is 15.2. The highest BCUT2D eigenvalue weighted by Crippen LogP contribution is 2.23. The number of rotatable bonds is 2. The maximum atomic E-state index is 11.9. The number of hydrogen-bond acceptors (Lipinski definition) is 3. The molecular weight excluding hydrogens is 421 g/mol. The molecule has 0 unspecified atom stereocenters. The van der Waals surface area contributed by atoms with Gasteiger partial charge in [0, 0.05) is 20.6 Å². The minimum atomic E-state index is -0.800. The minimum absolute atomic E-state index is 0.0857. The number of imide groups is 2. The number of barbiturate groups is 1. The van der Waals surface area contributed by atoms with Gasteiger partial charge in [0.25, 0.3) is 11.8 Å². The lowest BCUT2D eigenvalue weighted by atomic mass is 10.1. The normalized spacial score (nSPS) is 14.5. The average Bonchev–Trinajstić information content (AvgIpc) is 2.78. The fourth-order valence-electron chi connectivity index (χ4n) is 2.68. The molecule has 0 aliphatic carbocycles. The summed E-state index contributed by atoms with van der Waals surface area (Å²) < 4.78 is 3.19. The molecule has 7 heteroatoms. The predicted octanol–water partition coefficient (Wildman–Crippen LogP) is 2.45. The second kappa shape index (κ2) is 6.23. The van der Waals surface area contributed by atoms with Gasteiger partial charge in [-0.15, -0.1) is 0 Å². The Balaban J connectivity index is 2.05. The van der Waals surface area contributed by atoms with E-state index >= 15 is 0 Å². The van der Waals surface area contributed by atoms with E-state index in [0.717, 1.165) is 26.2 Å². The molecule has 3 rings (SSSR count). The highest BCUT2D eigenvalue weighted by atomic mass is 127. The van der Waals surface area contributed by atoms with E-state index in [9.17, 15) is 14.4 Å². The van der Waals surface area contributed by atoms with Crippen molar-refractivity contribution in [2.24, 2.45) is 0 Å². The van der Waals surface area contributed by atoms with Gasteiger partial charge in [0.05, 0.1) is 0 Å². The molecule has 6 nitrogen and oxygen atoms in total. The van der Waals surface area contributed by atoms with Crippen LogP contribution in [0.2, 0.25) is 0 Å². The number of benzene rings is 1. The first-order chi connectivity index (χ1) is 11.4. The summed E-state index contributed by atoms with van der Waals surface area (Å²) in [7, 11) is 0. The molecule has 2 N–H and O–H groups in total. The molecule has 0 spiro atoms. The number of halogens is 1. The third-order valence-corrected chi connectivity index (χ3v) is 4.52. The van der Waals surface area contributed by atoms with Crippen molar-refractivity contribution in [3.05, 3.63) is 56.4 Å². The number of carbonyl (C=O) groups is 3. The molecule has 1 aliphatic heterocycles. The quantitative estimate of drug-likeness (QED) is 0.432. The lowest BCUT2D eigenvalue weighted by Gasteiger charge is -2.14. The van der Waals surface area contributed by atoms with E-state index in [-0.39, 0.29) is 5.57 Å². The Morgan fingerprint density at radius 3 is 2.17 bits per heavy atom. The Labute approximate surface area is 152 Å². The first-order valence-electron chi connectivity index (χ1n) is 7.20. The van der Waals surface area contributed by atoms with Crippen molar-refractivity contribution in [3.63, 3.8) is 0 Å². The zero-order chi connectivity index (χ0) is 17.4. The molecule has 1 aromatic heterocycles. The fourth-order valence-corrected chi connectivity index (χ4v) is 3.04. The molecule has 1 aromatic carbocycles. The first kappa shape index (κ1) is 16.4. The van der Waals surface area contributed by atoms with Gasteiger partial charge < -0.3 is 4.57 Å². The molecule has 1 saturated heterocycles. The van der Waals surface area contributed by atoms with Crippen LogP contribution >= 0.6 is 22.6 Å². The SMILES string of the molecule is Cc1cc(C=C2C(=O)NC(=O)NC2=O)c(C)n1-c1ccc(I)cc1. The van der Waals surface area contributed by atoms with Gasteiger partial charge in [-0.05, 0) is 78.4 Å². The van der Waals surface area contributed by atoms with Crippen molar-refractivity contribution < 1.29 is 14.4 Å². The largest absolute Gasteiger partial charge is 0.328 e. The number of aryl methyl sites for hydroxylation is 1. The Hall–Kier alpha value is -2.42. The number of carbonyl (C=O) groups excluding carboxylic acids is 3.